The number of rotatable bonds is 39. The van der Waals surface area contributed by atoms with Crippen LogP contribution in [0, 0.1) is 0 Å². The lowest BCUT2D eigenvalue weighted by molar-refractivity contribution is -0.870. The van der Waals surface area contributed by atoms with Crippen molar-refractivity contribution in [1.29, 1.82) is 0 Å². The third kappa shape index (κ3) is 44.3. The summed E-state index contributed by atoms with van der Waals surface area (Å²) < 4.78 is 33.8. The molecule has 59 heavy (non-hydrogen) atoms. The minimum Gasteiger partial charge on any atom is -0.756 e. The molecule has 10 heteroatoms. The summed E-state index contributed by atoms with van der Waals surface area (Å²) in [7, 11) is 1.12. The highest BCUT2D eigenvalue weighted by atomic mass is 31.2. The minimum absolute atomic E-state index is 0.0447. The smallest absolute Gasteiger partial charge is 0.306 e. The molecule has 2 atom stereocenters. The second-order valence-electron chi connectivity index (χ2n) is 15.7. The molecule has 0 N–H and O–H groups in total. The Hall–Kier alpha value is -3.07. The van der Waals surface area contributed by atoms with Gasteiger partial charge < -0.3 is 27.9 Å². The SMILES string of the molecule is CC/C=C\C/C=C\C/C=C\C/C=C\C/C=C\C/C=C\C/C=C\CCCCCC(=O)OC(COC(=O)CCCCCCC/C=C\CCC)COP(=O)([O-])OCC[N+](C)(C)C. The second kappa shape index (κ2) is 40.3. The molecule has 0 aromatic heterocycles. The minimum atomic E-state index is -4.64. The number of esters is 2. The molecule has 9 nitrogen and oxygen atoms in total. The summed E-state index contributed by atoms with van der Waals surface area (Å²) in [6, 6.07) is 0. The number of likely N-dealkylation sites (N-methyl/N-ethyl adjacent to an activating group) is 1. The molecular formula is C49H82NO8P. The van der Waals surface area contributed by atoms with Crippen molar-refractivity contribution in [3.63, 3.8) is 0 Å². The molecule has 0 amide bonds. The highest BCUT2D eigenvalue weighted by molar-refractivity contribution is 7.45. The monoisotopic (exact) mass is 844 g/mol. The van der Waals surface area contributed by atoms with Crippen molar-refractivity contribution in [1.82, 2.24) is 0 Å². The van der Waals surface area contributed by atoms with Gasteiger partial charge in [-0.1, -0.05) is 143 Å². The summed E-state index contributed by atoms with van der Waals surface area (Å²) in [5.41, 5.74) is 0. The predicted octanol–water partition coefficient (Wildman–Crippen LogP) is 12.3. The number of quaternary nitrogens is 1. The van der Waals surface area contributed by atoms with E-state index in [-0.39, 0.29) is 26.1 Å². The first kappa shape index (κ1) is 55.9. The van der Waals surface area contributed by atoms with Crippen LogP contribution in [0.15, 0.2) is 97.2 Å². The Morgan fingerprint density at radius 1 is 0.542 bits per heavy atom. The first-order valence-electron chi connectivity index (χ1n) is 22.4. The molecule has 0 aromatic rings. The van der Waals surface area contributed by atoms with E-state index in [1.54, 1.807) is 0 Å². The van der Waals surface area contributed by atoms with E-state index < -0.39 is 32.5 Å². The molecule has 0 aliphatic carbocycles. The first-order valence-corrected chi connectivity index (χ1v) is 23.9. The lowest BCUT2D eigenvalue weighted by Crippen LogP contribution is -2.37. The van der Waals surface area contributed by atoms with E-state index in [2.05, 4.69) is 111 Å². The van der Waals surface area contributed by atoms with Crippen LogP contribution in [0.3, 0.4) is 0 Å². The standard InChI is InChI=1S/C49H82NO8P/c1-6-8-10-12-14-16-18-19-20-21-22-23-24-25-26-27-28-29-30-31-32-34-36-38-40-42-49(52)58-47(46-57-59(53,54)56-44-43-50(3,4)5)45-55-48(51)41-39-37-35-33-17-15-13-11-9-7-2/h8,10-11,13-14,16,19-20,22-23,25-26,28-29,31-32,47H,6-7,9,12,15,17-18,21,24,27,30,33-46H2,1-5H3/b10-8-,13-11-,16-14-,20-19-,23-22-,26-25-,29-28-,32-31-. The number of carbonyl (C=O) groups is 2. The van der Waals surface area contributed by atoms with Crippen LogP contribution in [0.4, 0.5) is 0 Å². The van der Waals surface area contributed by atoms with Gasteiger partial charge in [-0.2, -0.15) is 0 Å². The van der Waals surface area contributed by atoms with Gasteiger partial charge in [0.05, 0.1) is 27.7 Å². The third-order valence-electron chi connectivity index (χ3n) is 8.82. The average Bonchev–Trinajstić information content (AvgIpc) is 3.19. The summed E-state index contributed by atoms with van der Waals surface area (Å²) in [4.78, 5) is 37.5. The average molecular weight is 844 g/mol. The number of nitrogens with zero attached hydrogens (tertiary/aromatic N) is 1. The maximum absolute atomic E-state index is 12.7. The van der Waals surface area contributed by atoms with Gasteiger partial charge in [0.25, 0.3) is 7.82 Å². The van der Waals surface area contributed by atoms with Gasteiger partial charge in [0.15, 0.2) is 6.10 Å². The van der Waals surface area contributed by atoms with Crippen molar-refractivity contribution < 1.29 is 42.1 Å². The Morgan fingerprint density at radius 3 is 1.47 bits per heavy atom. The number of phosphoric ester groups is 1. The van der Waals surface area contributed by atoms with Gasteiger partial charge in [0, 0.05) is 12.8 Å². The molecule has 0 heterocycles. The Bertz CT molecular complexity index is 1320. The highest BCUT2D eigenvalue weighted by Crippen LogP contribution is 2.38. The molecule has 336 valence electrons. The maximum atomic E-state index is 12.7. The molecule has 0 bridgehead atoms. The fourth-order valence-corrected chi connectivity index (χ4v) is 6.07. The number of hydrogen-bond acceptors (Lipinski definition) is 8. The zero-order valence-corrected chi connectivity index (χ0v) is 38.5. The van der Waals surface area contributed by atoms with Crippen LogP contribution < -0.4 is 4.89 Å². The van der Waals surface area contributed by atoms with Gasteiger partial charge in [0.2, 0.25) is 0 Å². The van der Waals surface area contributed by atoms with Crippen LogP contribution in [0.2, 0.25) is 0 Å². The largest absolute Gasteiger partial charge is 0.756 e. The zero-order valence-electron chi connectivity index (χ0n) is 37.7. The quantitative estimate of drug-likeness (QED) is 0.0198. The van der Waals surface area contributed by atoms with E-state index in [0.29, 0.717) is 23.9 Å². The van der Waals surface area contributed by atoms with Crippen molar-refractivity contribution in [3.8, 4) is 0 Å². The summed E-state index contributed by atoms with van der Waals surface area (Å²) >= 11 is 0. The van der Waals surface area contributed by atoms with E-state index in [1.165, 1.54) is 6.42 Å². The molecule has 0 fully saturated rings. The number of carbonyl (C=O) groups excluding carboxylic acids is 2. The van der Waals surface area contributed by atoms with Gasteiger partial charge in [-0.15, -0.1) is 0 Å². The summed E-state index contributed by atoms with van der Waals surface area (Å²) in [6.07, 6.45) is 53.0. The van der Waals surface area contributed by atoms with Gasteiger partial charge >= 0.3 is 11.9 Å². The van der Waals surface area contributed by atoms with Crippen LogP contribution in [-0.4, -0.2) is 70.0 Å². The maximum Gasteiger partial charge on any atom is 0.306 e. The molecule has 0 aromatic carbocycles. The lowest BCUT2D eigenvalue weighted by atomic mass is 10.1. The topological polar surface area (TPSA) is 111 Å². The number of phosphoric acid groups is 1. The Morgan fingerprint density at radius 2 is 0.966 bits per heavy atom. The van der Waals surface area contributed by atoms with E-state index >= 15 is 0 Å². The van der Waals surface area contributed by atoms with Crippen LogP contribution in [0.5, 0.6) is 0 Å². The van der Waals surface area contributed by atoms with Gasteiger partial charge in [-0.05, 0) is 89.9 Å². The number of hydrogen-bond donors (Lipinski definition) is 0. The van der Waals surface area contributed by atoms with Crippen LogP contribution in [0.25, 0.3) is 0 Å². The first-order chi connectivity index (χ1) is 28.5. The van der Waals surface area contributed by atoms with Crippen molar-refractivity contribution in [2.75, 3.05) is 47.5 Å². The molecule has 0 saturated heterocycles. The van der Waals surface area contributed by atoms with Crippen molar-refractivity contribution in [2.24, 2.45) is 0 Å². The van der Waals surface area contributed by atoms with E-state index in [9.17, 15) is 19.0 Å². The number of allylic oxidation sites excluding steroid dienone is 16. The normalized spacial score (nSPS) is 14.5. The zero-order chi connectivity index (χ0) is 43.6. The number of unbranched alkanes of at least 4 members (excludes halogenated alkanes) is 9. The molecule has 0 radical (unpaired) electrons. The van der Waals surface area contributed by atoms with Crippen molar-refractivity contribution in [2.45, 2.75) is 155 Å². The van der Waals surface area contributed by atoms with Crippen LogP contribution in [-0.2, 0) is 32.7 Å². The molecule has 0 rings (SSSR count). The fourth-order valence-electron chi connectivity index (χ4n) is 5.34. The molecule has 2 unspecified atom stereocenters. The molecular weight excluding hydrogens is 762 g/mol. The van der Waals surface area contributed by atoms with E-state index in [1.807, 2.05) is 21.1 Å². The van der Waals surface area contributed by atoms with Crippen molar-refractivity contribution in [3.05, 3.63) is 97.2 Å². The highest BCUT2D eigenvalue weighted by Gasteiger charge is 2.21. The van der Waals surface area contributed by atoms with Crippen LogP contribution >= 0.6 is 7.82 Å². The molecule has 0 aliphatic rings. The van der Waals surface area contributed by atoms with Crippen LogP contribution in [0.1, 0.15) is 149 Å². The van der Waals surface area contributed by atoms with Crippen molar-refractivity contribution >= 4 is 19.8 Å². The Kier molecular flexibility index (Phi) is 38.2. The number of ether oxygens (including phenoxy) is 2. The Balaban J connectivity index is 4.38. The Labute approximate surface area is 360 Å². The van der Waals surface area contributed by atoms with Gasteiger partial charge in [-0.3, -0.25) is 14.2 Å². The summed E-state index contributed by atoms with van der Waals surface area (Å²) in [5, 5.41) is 0. The molecule has 0 spiro atoms. The summed E-state index contributed by atoms with van der Waals surface area (Å²) in [6.45, 7) is 3.96. The molecule has 0 saturated carbocycles. The van der Waals surface area contributed by atoms with Gasteiger partial charge in [0.1, 0.15) is 19.8 Å². The second-order valence-corrected chi connectivity index (χ2v) is 17.1. The third-order valence-corrected chi connectivity index (χ3v) is 9.78. The fraction of sp³-hybridized carbons (Fsp3) is 0.633. The summed E-state index contributed by atoms with van der Waals surface area (Å²) in [5.74, 6) is -0.897. The van der Waals surface area contributed by atoms with E-state index in [4.69, 9.17) is 18.5 Å². The van der Waals surface area contributed by atoms with E-state index in [0.717, 1.165) is 103 Å². The lowest BCUT2D eigenvalue weighted by Gasteiger charge is -2.28. The molecule has 0 aliphatic heterocycles. The van der Waals surface area contributed by atoms with Gasteiger partial charge in [-0.25, -0.2) is 0 Å². The predicted molar refractivity (Wildman–Crippen MR) is 245 cm³/mol.